The molecule has 0 aromatic heterocycles. The topological polar surface area (TPSA) is 43.4 Å². The standard InChI is InChI=1S/C15H28O3S/c1-14(2,3)9-7-12(16)11(8-10-19)13(17)18-15(4,5)6/h11,19H,7-10H2,1-6H3. The third kappa shape index (κ3) is 9.09. The molecule has 0 heterocycles. The van der Waals surface area contributed by atoms with E-state index in [0.717, 1.165) is 6.42 Å². The predicted octanol–water partition coefficient (Wildman–Crippen LogP) is 3.66. The van der Waals surface area contributed by atoms with Crippen LogP contribution < -0.4 is 0 Å². The van der Waals surface area contributed by atoms with Crippen LogP contribution in [0.5, 0.6) is 0 Å². The minimum atomic E-state index is -0.668. The summed E-state index contributed by atoms with van der Waals surface area (Å²) >= 11 is 4.13. The van der Waals surface area contributed by atoms with E-state index in [0.29, 0.717) is 18.6 Å². The Labute approximate surface area is 122 Å². The van der Waals surface area contributed by atoms with Gasteiger partial charge in [-0.2, -0.15) is 12.6 Å². The lowest BCUT2D eigenvalue weighted by atomic mass is 9.86. The van der Waals surface area contributed by atoms with Crippen molar-refractivity contribution in [1.29, 1.82) is 0 Å². The van der Waals surface area contributed by atoms with Crippen LogP contribution in [0.4, 0.5) is 0 Å². The zero-order valence-electron chi connectivity index (χ0n) is 13.1. The van der Waals surface area contributed by atoms with Crippen LogP contribution in [-0.4, -0.2) is 23.1 Å². The normalized spacial score (nSPS) is 14.1. The second-order valence-electron chi connectivity index (χ2n) is 7.13. The molecule has 0 radical (unpaired) electrons. The highest BCUT2D eigenvalue weighted by Gasteiger charge is 2.30. The first-order chi connectivity index (χ1) is 8.46. The first-order valence-corrected chi connectivity index (χ1v) is 7.46. The number of ketones is 1. The SMILES string of the molecule is CC(C)(C)CCC(=O)C(CCS)C(=O)OC(C)(C)C. The average Bonchev–Trinajstić information content (AvgIpc) is 2.18. The quantitative estimate of drug-likeness (QED) is 0.461. The minimum absolute atomic E-state index is 0.0294. The summed E-state index contributed by atoms with van der Waals surface area (Å²) in [5.41, 5.74) is -0.467. The van der Waals surface area contributed by atoms with E-state index in [2.05, 4.69) is 33.4 Å². The lowest BCUT2D eigenvalue weighted by Gasteiger charge is -2.24. The zero-order valence-corrected chi connectivity index (χ0v) is 14.0. The number of carbonyl (C=O) groups is 2. The smallest absolute Gasteiger partial charge is 0.317 e. The Morgan fingerprint density at radius 2 is 1.63 bits per heavy atom. The summed E-state index contributed by atoms with van der Waals surface area (Å²) < 4.78 is 5.31. The largest absolute Gasteiger partial charge is 0.459 e. The minimum Gasteiger partial charge on any atom is -0.459 e. The summed E-state index contributed by atoms with van der Waals surface area (Å²) in [4.78, 5) is 24.2. The van der Waals surface area contributed by atoms with Crippen molar-refractivity contribution < 1.29 is 14.3 Å². The Kier molecular flexibility index (Phi) is 7.12. The Balaban J connectivity index is 4.63. The van der Waals surface area contributed by atoms with Gasteiger partial charge in [-0.05, 0) is 44.8 Å². The van der Waals surface area contributed by atoms with Gasteiger partial charge in [0.1, 0.15) is 17.3 Å². The van der Waals surface area contributed by atoms with Crippen molar-refractivity contribution in [2.75, 3.05) is 5.75 Å². The Bertz CT molecular complexity index is 310. The molecule has 3 nitrogen and oxygen atoms in total. The van der Waals surface area contributed by atoms with Crippen molar-refractivity contribution in [3.05, 3.63) is 0 Å². The molecule has 0 aliphatic carbocycles. The van der Waals surface area contributed by atoms with E-state index in [4.69, 9.17) is 4.74 Å². The first-order valence-electron chi connectivity index (χ1n) is 6.83. The highest BCUT2D eigenvalue weighted by Crippen LogP contribution is 2.24. The first kappa shape index (κ1) is 18.5. The molecule has 0 saturated carbocycles. The highest BCUT2D eigenvalue weighted by molar-refractivity contribution is 7.80. The number of hydrogen-bond acceptors (Lipinski definition) is 4. The Morgan fingerprint density at radius 1 is 1.11 bits per heavy atom. The van der Waals surface area contributed by atoms with E-state index in [9.17, 15) is 9.59 Å². The number of hydrogen-bond donors (Lipinski definition) is 1. The van der Waals surface area contributed by atoms with Crippen LogP contribution in [0, 0.1) is 11.3 Å². The van der Waals surface area contributed by atoms with Crippen molar-refractivity contribution in [3.63, 3.8) is 0 Å². The van der Waals surface area contributed by atoms with Gasteiger partial charge in [0.05, 0.1) is 0 Å². The fraction of sp³-hybridized carbons (Fsp3) is 0.867. The fourth-order valence-electron chi connectivity index (χ4n) is 1.58. The second-order valence-corrected chi connectivity index (χ2v) is 7.57. The van der Waals surface area contributed by atoms with E-state index in [1.807, 2.05) is 20.8 Å². The van der Waals surface area contributed by atoms with Gasteiger partial charge in [-0.1, -0.05) is 20.8 Å². The molecule has 0 rings (SSSR count). The maximum atomic E-state index is 12.2. The van der Waals surface area contributed by atoms with Gasteiger partial charge in [-0.3, -0.25) is 9.59 Å². The molecule has 19 heavy (non-hydrogen) atoms. The molecule has 0 aromatic carbocycles. The van der Waals surface area contributed by atoms with Gasteiger partial charge in [0.15, 0.2) is 0 Å². The molecule has 0 amide bonds. The van der Waals surface area contributed by atoms with Gasteiger partial charge in [0.2, 0.25) is 0 Å². The molecule has 0 aliphatic rings. The molecule has 0 bridgehead atoms. The van der Waals surface area contributed by atoms with Gasteiger partial charge < -0.3 is 4.74 Å². The average molecular weight is 288 g/mol. The van der Waals surface area contributed by atoms with Crippen molar-refractivity contribution in [2.45, 2.75) is 66.4 Å². The van der Waals surface area contributed by atoms with Gasteiger partial charge in [0, 0.05) is 6.42 Å². The maximum Gasteiger partial charge on any atom is 0.317 e. The zero-order chi connectivity index (χ0) is 15.3. The molecule has 1 atom stereocenters. The summed E-state index contributed by atoms with van der Waals surface area (Å²) in [6, 6.07) is 0. The number of Topliss-reactive ketones (excluding diaryl/α,β-unsaturated/α-hetero) is 1. The van der Waals surface area contributed by atoms with Crippen LogP contribution in [0.2, 0.25) is 0 Å². The van der Waals surface area contributed by atoms with Crippen LogP contribution in [-0.2, 0) is 14.3 Å². The number of carbonyl (C=O) groups excluding carboxylic acids is 2. The summed E-state index contributed by atoms with van der Waals surface area (Å²) in [5, 5.41) is 0. The lowest BCUT2D eigenvalue weighted by molar-refractivity contribution is -0.162. The van der Waals surface area contributed by atoms with Crippen molar-refractivity contribution in [3.8, 4) is 0 Å². The molecule has 4 heteroatoms. The van der Waals surface area contributed by atoms with E-state index in [1.54, 1.807) is 0 Å². The van der Waals surface area contributed by atoms with Crippen LogP contribution in [0.3, 0.4) is 0 Å². The molecule has 0 N–H and O–H groups in total. The summed E-state index contributed by atoms with van der Waals surface area (Å²) in [7, 11) is 0. The maximum absolute atomic E-state index is 12.2. The Hall–Kier alpha value is -0.510. The molecule has 1 unspecified atom stereocenters. The van der Waals surface area contributed by atoms with Crippen LogP contribution in [0.15, 0.2) is 0 Å². The van der Waals surface area contributed by atoms with E-state index in [-0.39, 0.29) is 11.2 Å². The summed E-state index contributed by atoms with van der Waals surface area (Å²) in [5.74, 6) is -0.608. The molecule has 112 valence electrons. The van der Waals surface area contributed by atoms with E-state index in [1.165, 1.54) is 0 Å². The lowest BCUT2D eigenvalue weighted by Crippen LogP contribution is -2.33. The van der Waals surface area contributed by atoms with Crippen molar-refractivity contribution in [2.24, 2.45) is 11.3 Å². The molecular weight excluding hydrogens is 260 g/mol. The van der Waals surface area contributed by atoms with Crippen LogP contribution >= 0.6 is 12.6 Å². The number of ether oxygens (including phenoxy) is 1. The second kappa shape index (κ2) is 7.32. The molecular formula is C15H28O3S. The van der Waals surface area contributed by atoms with Gasteiger partial charge in [-0.15, -0.1) is 0 Å². The number of rotatable bonds is 6. The monoisotopic (exact) mass is 288 g/mol. The molecule has 0 spiro atoms. The fourth-order valence-corrected chi connectivity index (χ4v) is 1.84. The Morgan fingerprint density at radius 3 is 2.00 bits per heavy atom. The van der Waals surface area contributed by atoms with E-state index >= 15 is 0 Å². The van der Waals surface area contributed by atoms with Crippen LogP contribution in [0.1, 0.15) is 60.8 Å². The highest BCUT2D eigenvalue weighted by atomic mass is 32.1. The van der Waals surface area contributed by atoms with Crippen molar-refractivity contribution in [1.82, 2.24) is 0 Å². The molecule has 0 aromatic rings. The van der Waals surface area contributed by atoms with Gasteiger partial charge in [-0.25, -0.2) is 0 Å². The summed E-state index contributed by atoms with van der Waals surface area (Å²) in [6.07, 6.45) is 1.64. The summed E-state index contributed by atoms with van der Waals surface area (Å²) in [6.45, 7) is 11.7. The van der Waals surface area contributed by atoms with Gasteiger partial charge in [0.25, 0.3) is 0 Å². The number of thiol groups is 1. The van der Waals surface area contributed by atoms with Crippen LogP contribution in [0.25, 0.3) is 0 Å². The van der Waals surface area contributed by atoms with E-state index < -0.39 is 17.5 Å². The van der Waals surface area contributed by atoms with Crippen molar-refractivity contribution >= 4 is 24.4 Å². The van der Waals surface area contributed by atoms with Gasteiger partial charge >= 0.3 is 5.97 Å². The number of esters is 1. The molecule has 0 aliphatic heterocycles. The third-order valence-corrected chi connectivity index (χ3v) is 2.88. The third-order valence-electron chi connectivity index (χ3n) is 2.62. The predicted molar refractivity (Wildman–Crippen MR) is 81.5 cm³/mol. The molecule has 0 saturated heterocycles. The molecule has 0 fully saturated rings.